The standard InChI is InChI=1S/C20H25N3O4S/c1-4-6-19(24)22-17-11-9-15(10-12-17)14-21-20(25)16-7-5-8-18(13-16)28(26,27)23(2)3/h5,7-13H,4,6,14H2,1-3H3,(H,21,25)(H,22,24). The van der Waals surface area contributed by atoms with Crippen molar-refractivity contribution in [3.05, 3.63) is 59.7 Å². The molecule has 0 unspecified atom stereocenters. The second-order valence-electron chi connectivity index (χ2n) is 6.49. The summed E-state index contributed by atoms with van der Waals surface area (Å²) < 4.78 is 25.5. The van der Waals surface area contributed by atoms with Crippen LogP contribution in [0.1, 0.15) is 35.7 Å². The lowest BCUT2D eigenvalue weighted by Crippen LogP contribution is -2.25. The Morgan fingerprint density at radius 1 is 1.04 bits per heavy atom. The van der Waals surface area contributed by atoms with Crippen LogP contribution in [0.15, 0.2) is 53.4 Å². The number of sulfonamides is 1. The summed E-state index contributed by atoms with van der Waals surface area (Å²) in [5.41, 5.74) is 1.83. The van der Waals surface area contributed by atoms with E-state index in [1.807, 2.05) is 19.1 Å². The predicted molar refractivity (Wildman–Crippen MR) is 108 cm³/mol. The number of hydrogen-bond donors (Lipinski definition) is 2. The summed E-state index contributed by atoms with van der Waals surface area (Å²) in [7, 11) is -0.718. The van der Waals surface area contributed by atoms with Crippen LogP contribution < -0.4 is 10.6 Å². The van der Waals surface area contributed by atoms with Crippen molar-refractivity contribution in [2.24, 2.45) is 0 Å². The van der Waals surface area contributed by atoms with Crippen molar-refractivity contribution >= 4 is 27.5 Å². The van der Waals surface area contributed by atoms with Gasteiger partial charge in [-0.1, -0.05) is 25.1 Å². The Labute approximate surface area is 165 Å². The molecule has 2 N–H and O–H groups in total. The molecule has 2 aromatic rings. The van der Waals surface area contributed by atoms with E-state index in [2.05, 4.69) is 10.6 Å². The van der Waals surface area contributed by atoms with Crippen LogP contribution in [-0.4, -0.2) is 38.6 Å². The van der Waals surface area contributed by atoms with Gasteiger partial charge in [-0.3, -0.25) is 9.59 Å². The summed E-state index contributed by atoms with van der Waals surface area (Å²) >= 11 is 0. The molecule has 150 valence electrons. The SMILES string of the molecule is CCCC(=O)Nc1ccc(CNC(=O)c2cccc(S(=O)(=O)N(C)C)c2)cc1. The van der Waals surface area contributed by atoms with Gasteiger partial charge in [0.15, 0.2) is 0 Å². The molecule has 0 aliphatic heterocycles. The van der Waals surface area contributed by atoms with E-state index in [9.17, 15) is 18.0 Å². The van der Waals surface area contributed by atoms with Crippen molar-refractivity contribution in [1.29, 1.82) is 0 Å². The highest BCUT2D eigenvalue weighted by Gasteiger charge is 2.18. The zero-order chi connectivity index (χ0) is 20.7. The largest absolute Gasteiger partial charge is 0.348 e. The van der Waals surface area contributed by atoms with Gasteiger partial charge in [-0.2, -0.15) is 0 Å². The Kier molecular flexibility index (Phi) is 7.31. The van der Waals surface area contributed by atoms with E-state index in [0.717, 1.165) is 16.3 Å². The van der Waals surface area contributed by atoms with Gasteiger partial charge in [0, 0.05) is 38.3 Å². The van der Waals surface area contributed by atoms with Gasteiger partial charge in [-0.05, 0) is 42.3 Å². The lowest BCUT2D eigenvalue weighted by molar-refractivity contribution is -0.116. The third-order valence-corrected chi connectivity index (χ3v) is 5.85. The Hall–Kier alpha value is -2.71. The van der Waals surface area contributed by atoms with Gasteiger partial charge in [-0.25, -0.2) is 12.7 Å². The molecule has 0 aliphatic rings. The van der Waals surface area contributed by atoms with Crippen molar-refractivity contribution < 1.29 is 18.0 Å². The molecule has 0 heterocycles. The second kappa shape index (κ2) is 9.48. The van der Waals surface area contributed by atoms with Gasteiger partial charge < -0.3 is 10.6 Å². The topological polar surface area (TPSA) is 95.6 Å². The van der Waals surface area contributed by atoms with E-state index in [1.165, 1.54) is 26.2 Å². The molecule has 0 saturated heterocycles. The summed E-state index contributed by atoms with van der Waals surface area (Å²) in [4.78, 5) is 24.0. The van der Waals surface area contributed by atoms with E-state index in [0.29, 0.717) is 12.1 Å². The van der Waals surface area contributed by atoms with E-state index < -0.39 is 10.0 Å². The quantitative estimate of drug-likeness (QED) is 0.708. The third-order valence-electron chi connectivity index (χ3n) is 4.04. The highest BCUT2D eigenvalue weighted by atomic mass is 32.2. The third kappa shape index (κ3) is 5.64. The summed E-state index contributed by atoms with van der Waals surface area (Å²) in [6.07, 6.45) is 1.26. The lowest BCUT2D eigenvalue weighted by atomic mass is 10.1. The van der Waals surface area contributed by atoms with Crippen LogP contribution in [0.3, 0.4) is 0 Å². The molecular formula is C20H25N3O4S. The summed E-state index contributed by atoms with van der Waals surface area (Å²) in [5, 5.41) is 5.57. The van der Waals surface area contributed by atoms with Crippen LogP contribution in [-0.2, 0) is 21.4 Å². The number of carbonyl (C=O) groups is 2. The highest BCUT2D eigenvalue weighted by molar-refractivity contribution is 7.89. The fraction of sp³-hybridized carbons (Fsp3) is 0.300. The number of hydrogen-bond acceptors (Lipinski definition) is 4. The Morgan fingerprint density at radius 2 is 1.71 bits per heavy atom. The highest BCUT2D eigenvalue weighted by Crippen LogP contribution is 2.15. The number of nitrogens with zero attached hydrogens (tertiary/aromatic N) is 1. The molecule has 8 heteroatoms. The maximum absolute atomic E-state index is 12.4. The zero-order valence-electron chi connectivity index (χ0n) is 16.2. The van der Waals surface area contributed by atoms with Gasteiger partial charge in [0.25, 0.3) is 5.91 Å². The van der Waals surface area contributed by atoms with E-state index in [-0.39, 0.29) is 28.8 Å². The fourth-order valence-electron chi connectivity index (χ4n) is 2.45. The minimum atomic E-state index is -3.60. The zero-order valence-corrected chi connectivity index (χ0v) is 17.0. The molecule has 28 heavy (non-hydrogen) atoms. The first-order chi connectivity index (χ1) is 13.2. The Morgan fingerprint density at radius 3 is 2.32 bits per heavy atom. The van der Waals surface area contributed by atoms with Crippen LogP contribution >= 0.6 is 0 Å². The average molecular weight is 404 g/mol. The number of anilines is 1. The normalized spacial score (nSPS) is 11.3. The molecule has 0 aromatic heterocycles. The van der Waals surface area contributed by atoms with Gasteiger partial charge in [0.2, 0.25) is 15.9 Å². The predicted octanol–water partition coefficient (Wildman–Crippen LogP) is 2.61. The number of rotatable bonds is 8. The Bertz CT molecular complexity index is 938. The second-order valence-corrected chi connectivity index (χ2v) is 8.64. The monoisotopic (exact) mass is 403 g/mol. The van der Waals surface area contributed by atoms with Gasteiger partial charge in [0.1, 0.15) is 0 Å². The first-order valence-electron chi connectivity index (χ1n) is 8.93. The molecule has 0 bridgehead atoms. The molecule has 0 atom stereocenters. The van der Waals surface area contributed by atoms with Crippen LogP contribution in [0.4, 0.5) is 5.69 Å². The van der Waals surface area contributed by atoms with Crippen LogP contribution in [0.2, 0.25) is 0 Å². The molecule has 0 spiro atoms. The minimum absolute atomic E-state index is 0.0314. The van der Waals surface area contributed by atoms with Crippen molar-refractivity contribution in [1.82, 2.24) is 9.62 Å². The van der Waals surface area contributed by atoms with Gasteiger partial charge in [0.05, 0.1) is 4.90 Å². The number of carbonyl (C=O) groups excluding carboxylic acids is 2. The average Bonchev–Trinajstić information content (AvgIpc) is 2.67. The number of nitrogens with one attached hydrogen (secondary N) is 2. The molecule has 2 aromatic carbocycles. The minimum Gasteiger partial charge on any atom is -0.348 e. The Balaban J connectivity index is 2.00. The van der Waals surface area contributed by atoms with E-state index in [4.69, 9.17) is 0 Å². The van der Waals surface area contributed by atoms with E-state index >= 15 is 0 Å². The smallest absolute Gasteiger partial charge is 0.251 e. The van der Waals surface area contributed by atoms with Crippen molar-refractivity contribution in [3.8, 4) is 0 Å². The van der Waals surface area contributed by atoms with Crippen LogP contribution in [0.25, 0.3) is 0 Å². The summed E-state index contributed by atoms with van der Waals surface area (Å²) in [6.45, 7) is 2.23. The van der Waals surface area contributed by atoms with Crippen molar-refractivity contribution in [2.45, 2.75) is 31.2 Å². The van der Waals surface area contributed by atoms with Crippen LogP contribution in [0.5, 0.6) is 0 Å². The number of amides is 2. The number of benzene rings is 2. The summed E-state index contributed by atoms with van der Waals surface area (Å²) in [6, 6.07) is 13.1. The molecule has 0 fully saturated rings. The molecule has 2 rings (SSSR count). The maximum Gasteiger partial charge on any atom is 0.251 e. The first-order valence-corrected chi connectivity index (χ1v) is 10.4. The fourth-order valence-corrected chi connectivity index (χ4v) is 3.40. The van der Waals surface area contributed by atoms with Crippen molar-refractivity contribution in [2.75, 3.05) is 19.4 Å². The summed E-state index contributed by atoms with van der Waals surface area (Å²) in [5.74, 6) is -0.396. The molecule has 0 aliphatic carbocycles. The molecular weight excluding hydrogens is 378 g/mol. The maximum atomic E-state index is 12.4. The first kappa shape index (κ1) is 21.6. The van der Waals surface area contributed by atoms with Gasteiger partial charge >= 0.3 is 0 Å². The molecule has 7 nitrogen and oxygen atoms in total. The van der Waals surface area contributed by atoms with Crippen LogP contribution in [0, 0.1) is 0 Å². The molecule has 2 amide bonds. The molecule has 0 radical (unpaired) electrons. The molecule has 0 saturated carbocycles. The van der Waals surface area contributed by atoms with E-state index in [1.54, 1.807) is 24.3 Å². The lowest BCUT2D eigenvalue weighted by Gasteiger charge is -2.12. The van der Waals surface area contributed by atoms with Gasteiger partial charge in [-0.15, -0.1) is 0 Å². The van der Waals surface area contributed by atoms with Crippen molar-refractivity contribution in [3.63, 3.8) is 0 Å².